The van der Waals surface area contributed by atoms with E-state index in [4.69, 9.17) is 4.74 Å². The summed E-state index contributed by atoms with van der Waals surface area (Å²) in [7, 11) is 0. The molecule has 0 heterocycles. The van der Waals surface area contributed by atoms with Gasteiger partial charge in [0.25, 0.3) is 11.6 Å². The Morgan fingerprint density at radius 3 is 2.16 bits per heavy atom. The average Bonchev–Trinajstić information content (AvgIpc) is 2.78. The lowest BCUT2D eigenvalue weighted by Gasteiger charge is -2.11. The molecule has 0 bridgehead atoms. The van der Waals surface area contributed by atoms with Crippen LogP contribution in [0.1, 0.15) is 31.1 Å². The van der Waals surface area contributed by atoms with E-state index in [2.05, 4.69) is 21.2 Å². The summed E-state index contributed by atoms with van der Waals surface area (Å²) in [5.41, 5.74) is 0.728. The topological polar surface area (TPSA) is 116 Å². The fourth-order valence-electron chi connectivity index (χ4n) is 2.67. The molecule has 3 aromatic carbocycles. The van der Waals surface area contributed by atoms with Gasteiger partial charge in [0.1, 0.15) is 0 Å². The van der Waals surface area contributed by atoms with Gasteiger partial charge in [0.05, 0.1) is 21.7 Å². The number of ketones is 1. The molecule has 31 heavy (non-hydrogen) atoms. The minimum Gasteiger partial charge on any atom is -0.454 e. The smallest absolute Gasteiger partial charge is 0.340 e. The molecule has 3 rings (SSSR count). The number of hydrogen-bond acceptors (Lipinski definition) is 6. The number of benzene rings is 3. The van der Waals surface area contributed by atoms with Crippen LogP contribution in [0.4, 0.5) is 11.4 Å². The van der Waals surface area contributed by atoms with Crippen molar-refractivity contribution >= 4 is 45.0 Å². The van der Waals surface area contributed by atoms with Crippen LogP contribution in [0.5, 0.6) is 0 Å². The van der Waals surface area contributed by atoms with Crippen molar-refractivity contribution in [2.24, 2.45) is 0 Å². The number of non-ortho nitro benzene ring substituents is 1. The van der Waals surface area contributed by atoms with Gasteiger partial charge in [0.15, 0.2) is 12.4 Å². The minimum absolute atomic E-state index is 0.0828. The van der Waals surface area contributed by atoms with Gasteiger partial charge in [0.2, 0.25) is 0 Å². The summed E-state index contributed by atoms with van der Waals surface area (Å²) in [6.45, 7) is -0.552. The van der Waals surface area contributed by atoms with Crippen LogP contribution in [-0.2, 0) is 4.74 Å². The predicted octanol–water partition coefficient (Wildman–Crippen LogP) is 4.65. The quantitative estimate of drug-likeness (QED) is 0.226. The molecule has 0 aliphatic heterocycles. The molecule has 0 atom stereocenters. The Kier molecular flexibility index (Phi) is 6.88. The number of amides is 1. The first-order valence-corrected chi connectivity index (χ1v) is 9.76. The lowest BCUT2D eigenvalue weighted by atomic mass is 10.1. The number of carbonyl (C=O) groups excluding carboxylic acids is 3. The van der Waals surface area contributed by atoms with E-state index in [0.717, 1.165) is 0 Å². The highest BCUT2D eigenvalue weighted by atomic mass is 79.9. The van der Waals surface area contributed by atoms with E-state index < -0.39 is 29.2 Å². The number of esters is 1. The van der Waals surface area contributed by atoms with Crippen LogP contribution >= 0.6 is 15.9 Å². The largest absolute Gasteiger partial charge is 0.454 e. The van der Waals surface area contributed by atoms with E-state index in [1.54, 1.807) is 42.5 Å². The maximum atomic E-state index is 12.5. The minimum atomic E-state index is -0.793. The van der Waals surface area contributed by atoms with E-state index in [1.807, 2.05) is 0 Å². The van der Waals surface area contributed by atoms with Crippen molar-refractivity contribution in [3.63, 3.8) is 0 Å². The van der Waals surface area contributed by atoms with Crippen molar-refractivity contribution in [2.45, 2.75) is 0 Å². The molecule has 0 saturated heterocycles. The summed E-state index contributed by atoms with van der Waals surface area (Å²) in [5, 5.41) is 13.4. The van der Waals surface area contributed by atoms with Gasteiger partial charge in [-0.1, -0.05) is 24.3 Å². The predicted molar refractivity (Wildman–Crippen MR) is 116 cm³/mol. The van der Waals surface area contributed by atoms with Gasteiger partial charge in [-0.15, -0.1) is 0 Å². The lowest BCUT2D eigenvalue weighted by Crippen LogP contribution is -2.18. The third kappa shape index (κ3) is 5.40. The Hall–Kier alpha value is -3.85. The molecule has 8 nitrogen and oxygen atoms in total. The van der Waals surface area contributed by atoms with Gasteiger partial charge < -0.3 is 10.1 Å². The number of anilines is 1. The summed E-state index contributed by atoms with van der Waals surface area (Å²) in [6, 6.07) is 18.1. The Labute approximate surface area is 185 Å². The van der Waals surface area contributed by atoms with Crippen molar-refractivity contribution in [1.82, 2.24) is 0 Å². The number of rotatable bonds is 7. The molecule has 0 spiro atoms. The standard InChI is InChI=1S/C22H15BrN2O6/c23-18-7-3-1-5-16(18)21(27)24-19-8-4-2-6-17(19)22(28)31-13-20(26)14-9-11-15(12-10-14)25(29)30/h1-12H,13H2,(H,24,27). The fraction of sp³-hybridized carbons (Fsp3) is 0.0455. The molecule has 9 heteroatoms. The fourth-order valence-corrected chi connectivity index (χ4v) is 3.13. The second-order valence-corrected chi connectivity index (χ2v) is 7.14. The summed E-state index contributed by atoms with van der Waals surface area (Å²) >= 11 is 3.31. The second kappa shape index (κ2) is 9.77. The highest BCUT2D eigenvalue weighted by Crippen LogP contribution is 2.21. The summed E-state index contributed by atoms with van der Waals surface area (Å²) < 4.78 is 5.69. The zero-order valence-electron chi connectivity index (χ0n) is 15.9. The molecule has 156 valence electrons. The Morgan fingerprint density at radius 1 is 0.903 bits per heavy atom. The van der Waals surface area contributed by atoms with Gasteiger partial charge >= 0.3 is 5.97 Å². The van der Waals surface area contributed by atoms with E-state index in [1.165, 1.54) is 30.3 Å². The maximum Gasteiger partial charge on any atom is 0.340 e. The van der Waals surface area contributed by atoms with Crippen LogP contribution < -0.4 is 5.32 Å². The van der Waals surface area contributed by atoms with Crippen LogP contribution in [0.3, 0.4) is 0 Å². The van der Waals surface area contributed by atoms with Crippen LogP contribution in [0, 0.1) is 10.1 Å². The van der Waals surface area contributed by atoms with Crippen LogP contribution in [0.25, 0.3) is 0 Å². The first-order chi connectivity index (χ1) is 14.9. The van der Waals surface area contributed by atoms with E-state index in [9.17, 15) is 24.5 Å². The Balaban J connectivity index is 1.68. The van der Waals surface area contributed by atoms with Gasteiger partial charge in [-0.05, 0) is 52.3 Å². The molecule has 0 aromatic heterocycles. The van der Waals surface area contributed by atoms with Crippen molar-refractivity contribution < 1.29 is 24.0 Å². The number of nitro benzene ring substituents is 1. The number of nitro groups is 1. The molecule has 0 unspecified atom stereocenters. The summed E-state index contributed by atoms with van der Waals surface area (Å²) in [6.07, 6.45) is 0. The van der Waals surface area contributed by atoms with Crippen LogP contribution in [0.2, 0.25) is 0 Å². The van der Waals surface area contributed by atoms with E-state index in [-0.39, 0.29) is 22.5 Å². The number of para-hydroxylation sites is 1. The summed E-state index contributed by atoms with van der Waals surface area (Å²) in [4.78, 5) is 47.4. The van der Waals surface area contributed by atoms with Crippen molar-refractivity contribution in [2.75, 3.05) is 11.9 Å². The third-order valence-electron chi connectivity index (χ3n) is 4.25. The van der Waals surface area contributed by atoms with Gasteiger partial charge in [-0.3, -0.25) is 19.7 Å². The molecular weight excluding hydrogens is 468 g/mol. The highest BCUT2D eigenvalue weighted by Gasteiger charge is 2.18. The highest BCUT2D eigenvalue weighted by molar-refractivity contribution is 9.10. The normalized spacial score (nSPS) is 10.2. The number of hydrogen-bond donors (Lipinski definition) is 1. The summed E-state index contributed by atoms with van der Waals surface area (Å²) in [5.74, 6) is -1.73. The molecule has 0 fully saturated rings. The molecule has 0 aliphatic carbocycles. The first-order valence-electron chi connectivity index (χ1n) is 8.96. The maximum absolute atomic E-state index is 12.5. The first kappa shape index (κ1) is 21.8. The molecule has 0 radical (unpaired) electrons. The molecule has 0 aliphatic rings. The monoisotopic (exact) mass is 482 g/mol. The number of halogens is 1. The van der Waals surface area contributed by atoms with Gasteiger partial charge in [0, 0.05) is 22.2 Å². The third-order valence-corrected chi connectivity index (χ3v) is 4.94. The molecule has 1 N–H and O–H groups in total. The van der Waals surface area contributed by atoms with E-state index in [0.29, 0.717) is 10.0 Å². The number of Topliss-reactive ketones (excluding diaryl/α,β-unsaturated/α-hetero) is 1. The van der Waals surface area contributed by atoms with Gasteiger partial charge in [-0.2, -0.15) is 0 Å². The lowest BCUT2D eigenvalue weighted by molar-refractivity contribution is -0.384. The van der Waals surface area contributed by atoms with E-state index >= 15 is 0 Å². The molecular formula is C22H15BrN2O6. The zero-order chi connectivity index (χ0) is 22.4. The molecule has 0 saturated carbocycles. The zero-order valence-corrected chi connectivity index (χ0v) is 17.5. The molecule has 1 amide bonds. The number of nitrogens with zero attached hydrogens (tertiary/aromatic N) is 1. The van der Waals surface area contributed by atoms with Gasteiger partial charge in [-0.25, -0.2) is 4.79 Å². The van der Waals surface area contributed by atoms with Crippen LogP contribution in [0.15, 0.2) is 77.3 Å². The number of ether oxygens (including phenoxy) is 1. The number of nitrogens with one attached hydrogen (secondary N) is 1. The van der Waals surface area contributed by atoms with Crippen LogP contribution in [-0.4, -0.2) is 29.2 Å². The number of carbonyl (C=O) groups is 3. The Morgan fingerprint density at radius 2 is 1.52 bits per heavy atom. The SMILES string of the molecule is O=C(COC(=O)c1ccccc1NC(=O)c1ccccc1Br)c1ccc([N+](=O)[O-])cc1. The van der Waals surface area contributed by atoms with Crippen molar-refractivity contribution in [1.29, 1.82) is 0 Å². The van der Waals surface area contributed by atoms with Crippen molar-refractivity contribution in [3.05, 3.63) is 104 Å². The second-order valence-electron chi connectivity index (χ2n) is 6.28. The Bertz CT molecular complexity index is 1160. The average molecular weight is 483 g/mol. The molecule has 3 aromatic rings. The van der Waals surface area contributed by atoms with Crippen molar-refractivity contribution in [3.8, 4) is 0 Å².